The Kier molecular flexibility index (Phi) is 2.62. The first-order valence-electron chi connectivity index (χ1n) is 4.76. The maximum Gasteiger partial charge on any atom is 0.247 e. The van der Waals surface area contributed by atoms with E-state index < -0.39 is 6.04 Å². The second-order valence-corrected chi connectivity index (χ2v) is 3.39. The van der Waals surface area contributed by atoms with Crippen molar-refractivity contribution < 1.29 is 9.59 Å². The van der Waals surface area contributed by atoms with Crippen LogP contribution in [0.15, 0.2) is 24.5 Å². The molecule has 2 heterocycles. The van der Waals surface area contributed by atoms with Gasteiger partial charge in [0, 0.05) is 12.6 Å². The molecule has 1 aromatic heterocycles. The van der Waals surface area contributed by atoms with Crippen LogP contribution in [0, 0.1) is 0 Å². The van der Waals surface area contributed by atoms with Crippen LogP contribution in [0.25, 0.3) is 0 Å². The van der Waals surface area contributed by atoms with Crippen molar-refractivity contribution in [3.05, 3.63) is 24.5 Å². The molecule has 1 aliphatic heterocycles. The lowest BCUT2D eigenvalue weighted by molar-refractivity contribution is -0.122. The summed E-state index contributed by atoms with van der Waals surface area (Å²) in [6.07, 6.45) is 4.18. The fourth-order valence-electron chi connectivity index (χ4n) is 1.48. The van der Waals surface area contributed by atoms with Crippen LogP contribution >= 0.6 is 0 Å². The third-order valence-electron chi connectivity index (χ3n) is 2.24. The largest absolute Gasteiger partial charge is 0.344 e. The minimum absolute atomic E-state index is 0.0682. The van der Waals surface area contributed by atoms with Gasteiger partial charge in [-0.2, -0.15) is 0 Å². The highest BCUT2D eigenvalue weighted by Gasteiger charge is 2.26. The first kappa shape index (κ1) is 9.64. The molecule has 1 atom stereocenters. The van der Waals surface area contributed by atoms with Crippen LogP contribution in [-0.2, 0) is 9.59 Å². The van der Waals surface area contributed by atoms with Crippen LogP contribution in [0.3, 0.4) is 0 Å². The highest BCUT2D eigenvalue weighted by molar-refractivity contribution is 5.98. The van der Waals surface area contributed by atoms with E-state index >= 15 is 0 Å². The van der Waals surface area contributed by atoms with Gasteiger partial charge in [0.25, 0.3) is 0 Å². The fraction of sp³-hybridized carbons (Fsp3) is 0.300. The number of nitrogens with one attached hydrogen (secondary N) is 2. The molecule has 1 aliphatic rings. The minimum Gasteiger partial charge on any atom is -0.344 e. The third kappa shape index (κ3) is 2.31. The fourth-order valence-corrected chi connectivity index (χ4v) is 1.48. The summed E-state index contributed by atoms with van der Waals surface area (Å²) in [5.74, 6) is -0.254. The molecule has 1 fully saturated rings. The third-order valence-corrected chi connectivity index (χ3v) is 2.24. The molecule has 0 aromatic carbocycles. The van der Waals surface area contributed by atoms with Crippen LogP contribution in [0.1, 0.15) is 12.8 Å². The van der Waals surface area contributed by atoms with E-state index in [1.165, 1.54) is 0 Å². The molecule has 0 saturated carbocycles. The maximum atomic E-state index is 11.6. The molecule has 5 heteroatoms. The van der Waals surface area contributed by atoms with Gasteiger partial charge in [-0.25, -0.2) is 0 Å². The second kappa shape index (κ2) is 4.08. The number of carbonyl (C=O) groups is 2. The SMILES string of the molecule is O=C1CC[C@H](C(=O)Nc2cccnc2)N1. The number of nitrogens with zero attached hydrogens (tertiary/aromatic N) is 1. The molecule has 0 unspecified atom stereocenters. The van der Waals surface area contributed by atoms with Crippen molar-refractivity contribution in [2.75, 3.05) is 5.32 Å². The van der Waals surface area contributed by atoms with Crippen LogP contribution in [0.4, 0.5) is 5.69 Å². The number of hydrogen-bond acceptors (Lipinski definition) is 3. The first-order valence-corrected chi connectivity index (χ1v) is 4.76. The summed E-state index contributed by atoms with van der Waals surface area (Å²) in [5, 5.41) is 5.29. The van der Waals surface area contributed by atoms with Crippen molar-refractivity contribution in [3.8, 4) is 0 Å². The molecule has 15 heavy (non-hydrogen) atoms. The minimum atomic E-state index is -0.405. The van der Waals surface area contributed by atoms with Gasteiger partial charge in [-0.15, -0.1) is 0 Å². The van der Waals surface area contributed by atoms with Gasteiger partial charge in [-0.3, -0.25) is 14.6 Å². The monoisotopic (exact) mass is 205 g/mol. The molecule has 2 amide bonds. The molecular weight excluding hydrogens is 194 g/mol. The van der Waals surface area contributed by atoms with Gasteiger partial charge < -0.3 is 10.6 Å². The Morgan fingerprint density at radius 1 is 1.60 bits per heavy atom. The lowest BCUT2D eigenvalue weighted by Gasteiger charge is -2.09. The second-order valence-electron chi connectivity index (χ2n) is 3.39. The topological polar surface area (TPSA) is 71.1 Å². The summed E-state index contributed by atoms with van der Waals surface area (Å²) >= 11 is 0. The average Bonchev–Trinajstić information content (AvgIpc) is 2.66. The summed E-state index contributed by atoms with van der Waals surface area (Å²) in [5.41, 5.74) is 0.642. The van der Waals surface area contributed by atoms with Gasteiger partial charge in [0.2, 0.25) is 11.8 Å². The van der Waals surface area contributed by atoms with Gasteiger partial charge >= 0.3 is 0 Å². The number of rotatable bonds is 2. The standard InChI is InChI=1S/C10H11N3O2/c14-9-4-3-8(13-9)10(15)12-7-2-1-5-11-6-7/h1-2,5-6,8H,3-4H2,(H,12,15)(H,13,14)/t8-/m1/s1. The van der Waals surface area contributed by atoms with E-state index in [-0.39, 0.29) is 11.8 Å². The summed E-state index contributed by atoms with van der Waals surface area (Å²) < 4.78 is 0. The number of amides is 2. The summed E-state index contributed by atoms with van der Waals surface area (Å²) in [7, 11) is 0. The van der Waals surface area contributed by atoms with E-state index in [0.29, 0.717) is 18.5 Å². The molecule has 0 radical (unpaired) electrons. The number of pyridine rings is 1. The first-order chi connectivity index (χ1) is 7.25. The Labute approximate surface area is 86.9 Å². The van der Waals surface area contributed by atoms with E-state index in [1.807, 2.05) is 0 Å². The molecule has 2 N–H and O–H groups in total. The van der Waals surface area contributed by atoms with Gasteiger partial charge in [0.1, 0.15) is 6.04 Å². The van der Waals surface area contributed by atoms with E-state index in [4.69, 9.17) is 0 Å². The quantitative estimate of drug-likeness (QED) is 0.729. The van der Waals surface area contributed by atoms with E-state index in [9.17, 15) is 9.59 Å². The predicted molar refractivity (Wildman–Crippen MR) is 54.0 cm³/mol. The van der Waals surface area contributed by atoms with E-state index in [2.05, 4.69) is 15.6 Å². The van der Waals surface area contributed by atoms with E-state index in [1.54, 1.807) is 24.5 Å². The summed E-state index contributed by atoms with van der Waals surface area (Å²) in [6, 6.07) is 3.09. The molecule has 2 rings (SSSR count). The molecule has 78 valence electrons. The van der Waals surface area contributed by atoms with Crippen molar-refractivity contribution in [1.29, 1.82) is 0 Å². The molecule has 0 spiro atoms. The van der Waals surface area contributed by atoms with Gasteiger partial charge in [-0.05, 0) is 18.6 Å². The molecule has 0 bridgehead atoms. The van der Waals surface area contributed by atoms with Crippen molar-refractivity contribution in [1.82, 2.24) is 10.3 Å². The Balaban J connectivity index is 1.96. The normalized spacial score (nSPS) is 19.7. The summed E-state index contributed by atoms with van der Waals surface area (Å²) in [4.78, 5) is 26.4. The van der Waals surface area contributed by atoms with Crippen molar-refractivity contribution >= 4 is 17.5 Å². The molecule has 5 nitrogen and oxygen atoms in total. The Morgan fingerprint density at radius 2 is 2.47 bits per heavy atom. The zero-order valence-electron chi connectivity index (χ0n) is 8.06. The van der Waals surface area contributed by atoms with Crippen molar-refractivity contribution in [2.45, 2.75) is 18.9 Å². The highest BCUT2D eigenvalue weighted by Crippen LogP contribution is 2.10. The predicted octanol–water partition coefficient (Wildman–Crippen LogP) is 0.299. The lowest BCUT2D eigenvalue weighted by Crippen LogP contribution is -2.37. The zero-order valence-corrected chi connectivity index (χ0v) is 8.06. The van der Waals surface area contributed by atoms with Crippen molar-refractivity contribution in [3.63, 3.8) is 0 Å². The van der Waals surface area contributed by atoms with Crippen molar-refractivity contribution in [2.24, 2.45) is 0 Å². The molecule has 1 saturated heterocycles. The molecule has 1 aromatic rings. The Morgan fingerprint density at radius 3 is 3.07 bits per heavy atom. The van der Waals surface area contributed by atoms with Gasteiger partial charge in [0.05, 0.1) is 11.9 Å². The van der Waals surface area contributed by atoms with Crippen LogP contribution in [-0.4, -0.2) is 22.8 Å². The maximum absolute atomic E-state index is 11.6. The van der Waals surface area contributed by atoms with Crippen LogP contribution in [0.2, 0.25) is 0 Å². The van der Waals surface area contributed by atoms with Gasteiger partial charge in [-0.1, -0.05) is 0 Å². The average molecular weight is 205 g/mol. The molecule has 0 aliphatic carbocycles. The Hall–Kier alpha value is -1.91. The van der Waals surface area contributed by atoms with Gasteiger partial charge in [0.15, 0.2) is 0 Å². The number of carbonyl (C=O) groups excluding carboxylic acids is 2. The Bertz CT molecular complexity index is 378. The van der Waals surface area contributed by atoms with Crippen LogP contribution in [0.5, 0.6) is 0 Å². The smallest absolute Gasteiger partial charge is 0.247 e. The number of anilines is 1. The lowest BCUT2D eigenvalue weighted by atomic mass is 10.2. The molecular formula is C10H11N3O2. The summed E-state index contributed by atoms with van der Waals surface area (Å²) in [6.45, 7) is 0. The highest BCUT2D eigenvalue weighted by atomic mass is 16.2. The number of hydrogen-bond donors (Lipinski definition) is 2. The van der Waals surface area contributed by atoms with E-state index in [0.717, 1.165) is 0 Å². The zero-order chi connectivity index (χ0) is 10.7. The number of aromatic nitrogens is 1. The van der Waals surface area contributed by atoms with Crippen LogP contribution < -0.4 is 10.6 Å².